The van der Waals surface area contributed by atoms with Crippen molar-refractivity contribution in [3.05, 3.63) is 103 Å². The zero-order valence-electron chi connectivity index (χ0n) is 24.0. The lowest BCUT2D eigenvalue weighted by molar-refractivity contribution is -0.133. The molecule has 1 amide bonds. The van der Waals surface area contributed by atoms with Gasteiger partial charge in [-0.1, -0.05) is 61.6 Å². The van der Waals surface area contributed by atoms with Crippen molar-refractivity contribution < 1.29 is 14.3 Å². The maximum atomic E-state index is 13.4. The van der Waals surface area contributed by atoms with Crippen LogP contribution in [0.25, 0.3) is 10.9 Å². The summed E-state index contributed by atoms with van der Waals surface area (Å²) in [5.74, 6) is 0.648. The summed E-state index contributed by atoms with van der Waals surface area (Å²) in [6.45, 7) is 4.01. The lowest BCUT2D eigenvalue weighted by Crippen LogP contribution is -2.40. The predicted octanol–water partition coefficient (Wildman–Crippen LogP) is 5.13. The van der Waals surface area contributed by atoms with E-state index >= 15 is 0 Å². The topological polar surface area (TPSA) is 81.8 Å². The second kappa shape index (κ2) is 14.7. The molecule has 0 spiro atoms. The number of benzene rings is 2. The first-order chi connectivity index (χ1) is 20.0. The lowest BCUT2D eigenvalue weighted by Gasteiger charge is -2.27. The number of methoxy groups -OCH3 is 1. The fourth-order valence-corrected chi connectivity index (χ4v) is 4.95. The number of hydrogen-bond acceptors (Lipinski definition) is 6. The monoisotopic (exact) mass is 553 g/mol. The van der Waals surface area contributed by atoms with E-state index in [1.807, 2.05) is 84.0 Å². The number of carbonyl (C=O) groups excluding carboxylic acids is 2. The minimum absolute atomic E-state index is 0.0320. The van der Waals surface area contributed by atoms with Crippen LogP contribution in [0.1, 0.15) is 19.0 Å². The number of para-hydroxylation sites is 1. The highest BCUT2D eigenvalue weighted by Crippen LogP contribution is 2.24. The lowest BCUT2D eigenvalue weighted by atomic mass is 9.98. The molecule has 0 saturated heterocycles. The molecular weight excluding hydrogens is 514 g/mol. The van der Waals surface area contributed by atoms with Crippen molar-refractivity contribution >= 4 is 28.8 Å². The molecule has 1 unspecified atom stereocenters. The third kappa shape index (κ3) is 7.75. The van der Waals surface area contributed by atoms with Crippen LogP contribution in [-0.4, -0.2) is 72.0 Å². The molecule has 1 aliphatic heterocycles. The summed E-state index contributed by atoms with van der Waals surface area (Å²) < 4.78 is 5.09. The molecule has 1 aliphatic carbocycles. The molecule has 1 aromatic heterocycles. The Hall–Kier alpha value is -4.59. The first kappa shape index (κ1) is 29.4. The van der Waals surface area contributed by atoms with Crippen LogP contribution in [0.5, 0.6) is 5.75 Å². The van der Waals surface area contributed by atoms with Crippen molar-refractivity contribution in [3.63, 3.8) is 0 Å². The van der Waals surface area contributed by atoms with Gasteiger partial charge in [-0.25, -0.2) is 0 Å². The van der Waals surface area contributed by atoms with Crippen molar-refractivity contribution in [1.82, 2.24) is 20.0 Å². The number of allylic oxidation sites excluding steroid dienone is 4. The molecule has 0 radical (unpaired) electrons. The van der Waals surface area contributed by atoms with E-state index in [-0.39, 0.29) is 24.4 Å². The summed E-state index contributed by atoms with van der Waals surface area (Å²) in [5, 5.41) is 8.46. The molecule has 8 heteroatoms. The van der Waals surface area contributed by atoms with Crippen LogP contribution >= 0.6 is 0 Å². The van der Waals surface area contributed by atoms with Gasteiger partial charge in [0.1, 0.15) is 12.0 Å². The van der Waals surface area contributed by atoms with Crippen molar-refractivity contribution in [2.24, 2.45) is 5.92 Å². The zero-order valence-corrected chi connectivity index (χ0v) is 24.0. The number of rotatable bonds is 9. The molecular formula is C33H39N5O3. The van der Waals surface area contributed by atoms with E-state index in [0.717, 1.165) is 35.2 Å². The number of carbonyl (C=O) groups is 2. The molecule has 3 aromatic rings. The van der Waals surface area contributed by atoms with Gasteiger partial charge in [0, 0.05) is 55.7 Å². The first-order valence-electron chi connectivity index (χ1n) is 14.0. The van der Waals surface area contributed by atoms with Gasteiger partial charge < -0.3 is 24.2 Å². The fourth-order valence-electron chi connectivity index (χ4n) is 4.95. The normalized spacial score (nSPS) is 16.8. The molecule has 41 heavy (non-hydrogen) atoms. The molecule has 0 saturated carbocycles. The number of ether oxygens (including phenoxy) is 1. The Morgan fingerprint density at radius 1 is 1.05 bits per heavy atom. The molecule has 1 atom stereocenters. The fraction of sp³-hybridized carbons (Fsp3) is 0.303. The number of nitrogens with zero attached hydrogens (tertiary/aromatic N) is 4. The van der Waals surface area contributed by atoms with Gasteiger partial charge in [-0.2, -0.15) is 5.10 Å². The number of anilines is 1. The molecule has 8 nitrogen and oxygen atoms in total. The average molecular weight is 554 g/mol. The molecule has 2 aliphatic rings. The summed E-state index contributed by atoms with van der Waals surface area (Å²) in [7, 11) is 3.79. The minimum Gasteiger partial charge on any atom is -0.497 e. The predicted molar refractivity (Wildman–Crippen MR) is 165 cm³/mol. The molecule has 0 bridgehead atoms. The van der Waals surface area contributed by atoms with Gasteiger partial charge >= 0.3 is 0 Å². The number of nitrogens with one attached hydrogen (secondary N) is 1. The number of fused-ring (bicyclic) bond motifs is 1. The number of aromatic amines is 1. The van der Waals surface area contributed by atoms with Gasteiger partial charge in [0.25, 0.3) is 0 Å². The molecule has 2 heterocycles. The van der Waals surface area contributed by atoms with E-state index < -0.39 is 0 Å². The highest BCUT2D eigenvalue weighted by atomic mass is 16.5. The van der Waals surface area contributed by atoms with E-state index in [2.05, 4.69) is 41.2 Å². The highest BCUT2D eigenvalue weighted by Gasteiger charge is 2.31. The molecule has 2 aromatic carbocycles. The smallest absolute Gasteiger partial charge is 0.232 e. The van der Waals surface area contributed by atoms with Crippen molar-refractivity contribution in [1.29, 1.82) is 0 Å². The molecule has 5 rings (SSSR count). The average Bonchev–Trinajstić information content (AvgIpc) is 3.12. The zero-order chi connectivity index (χ0) is 29.0. The van der Waals surface area contributed by atoms with Gasteiger partial charge in [-0.15, -0.1) is 0 Å². The number of H-pyrrole nitrogens is 1. The third-order valence-corrected chi connectivity index (χ3v) is 7.14. The standard InChI is InChI=1S/C22H22N4O2.C11H17NO/c27-14-13-25-11-12-26(18-7-3-1-2-4-8-18)22(28)17(16-25)15-21-19-9-5-6-10-20(19)23-24-21;1-4-9-12(2)10-5-7-11(13-3)8-6-10/h1-12,14,17-18H,13,15-16H2,(H,23,24);5-8H,4,9H2,1-3H3. The Morgan fingerprint density at radius 2 is 1.78 bits per heavy atom. The van der Waals surface area contributed by atoms with Gasteiger partial charge in [0.15, 0.2) is 0 Å². The first-order valence-corrected chi connectivity index (χ1v) is 14.0. The van der Waals surface area contributed by atoms with Crippen LogP contribution in [0.2, 0.25) is 0 Å². The summed E-state index contributed by atoms with van der Waals surface area (Å²) >= 11 is 0. The van der Waals surface area contributed by atoms with Crippen LogP contribution in [0.15, 0.2) is 97.4 Å². The second-order valence-corrected chi connectivity index (χ2v) is 10.0. The Kier molecular flexibility index (Phi) is 10.5. The number of aldehydes is 1. The van der Waals surface area contributed by atoms with Gasteiger partial charge in [0.2, 0.25) is 5.91 Å². The Balaban J connectivity index is 0.000000251. The van der Waals surface area contributed by atoms with Crippen LogP contribution in [0.3, 0.4) is 0 Å². The Labute approximate surface area is 242 Å². The van der Waals surface area contributed by atoms with E-state index in [9.17, 15) is 9.59 Å². The van der Waals surface area contributed by atoms with Crippen LogP contribution in [0.4, 0.5) is 5.69 Å². The summed E-state index contributed by atoms with van der Waals surface area (Å²) in [5.41, 5.74) is 3.07. The van der Waals surface area contributed by atoms with E-state index in [4.69, 9.17) is 4.74 Å². The van der Waals surface area contributed by atoms with E-state index in [1.165, 1.54) is 12.1 Å². The van der Waals surface area contributed by atoms with E-state index in [0.29, 0.717) is 13.0 Å². The maximum absolute atomic E-state index is 13.4. The highest BCUT2D eigenvalue weighted by molar-refractivity contribution is 5.84. The SMILES string of the molecule is CCCN(C)c1ccc(OC)cc1.O=CCN1C=CN(C2C=CC=CC=C2)C(=O)C(Cc2[nH]nc3ccccc23)C1. The van der Waals surface area contributed by atoms with E-state index in [1.54, 1.807) is 18.2 Å². The van der Waals surface area contributed by atoms with Gasteiger partial charge in [-0.05, 0) is 36.8 Å². The summed E-state index contributed by atoms with van der Waals surface area (Å²) in [6.07, 6.45) is 17.9. The van der Waals surface area contributed by atoms with Crippen LogP contribution in [-0.2, 0) is 16.0 Å². The largest absolute Gasteiger partial charge is 0.497 e. The molecule has 214 valence electrons. The van der Waals surface area contributed by atoms with Crippen molar-refractivity contribution in [3.8, 4) is 5.75 Å². The number of aromatic nitrogens is 2. The Morgan fingerprint density at radius 3 is 2.46 bits per heavy atom. The number of amides is 1. The number of hydrogen-bond donors (Lipinski definition) is 1. The second-order valence-electron chi connectivity index (χ2n) is 10.0. The van der Waals surface area contributed by atoms with Crippen LogP contribution in [0, 0.1) is 5.92 Å². The molecule has 1 N–H and O–H groups in total. The van der Waals surface area contributed by atoms with Gasteiger partial charge in [0.05, 0.1) is 31.1 Å². The van der Waals surface area contributed by atoms with Gasteiger partial charge in [-0.3, -0.25) is 9.89 Å². The van der Waals surface area contributed by atoms with Crippen molar-refractivity contribution in [2.75, 3.05) is 38.7 Å². The third-order valence-electron chi connectivity index (χ3n) is 7.14. The summed E-state index contributed by atoms with van der Waals surface area (Å²) in [6, 6.07) is 15.8. The summed E-state index contributed by atoms with van der Waals surface area (Å²) in [4.78, 5) is 30.3. The minimum atomic E-state index is -0.295. The van der Waals surface area contributed by atoms with Crippen LogP contribution < -0.4 is 9.64 Å². The Bertz CT molecular complexity index is 1390. The molecule has 0 fully saturated rings. The maximum Gasteiger partial charge on any atom is 0.232 e. The quantitative estimate of drug-likeness (QED) is 0.370. The van der Waals surface area contributed by atoms with Crippen molar-refractivity contribution in [2.45, 2.75) is 25.8 Å².